The van der Waals surface area contributed by atoms with Crippen molar-refractivity contribution in [1.29, 1.82) is 0 Å². The summed E-state index contributed by atoms with van der Waals surface area (Å²) in [5.41, 5.74) is 0.167. The molecule has 0 spiro atoms. The fraction of sp³-hybridized carbons (Fsp3) is 0.750. The highest BCUT2D eigenvalue weighted by Crippen LogP contribution is 2.35. The molecule has 0 amide bonds. The number of aryl methyl sites for hydroxylation is 1. The summed E-state index contributed by atoms with van der Waals surface area (Å²) in [6, 6.07) is 0. The first-order valence-corrected chi connectivity index (χ1v) is 8.34. The predicted molar refractivity (Wildman–Crippen MR) is 86.0 cm³/mol. The average molecular weight is 312 g/mol. The molecular formula is C16H26ClN3O. The summed E-state index contributed by atoms with van der Waals surface area (Å²) < 4.78 is 1.78. The number of likely N-dealkylation sites (N-methyl/N-ethyl adjacent to an activating group) is 1. The lowest BCUT2D eigenvalue weighted by Gasteiger charge is -2.38. The fourth-order valence-electron chi connectivity index (χ4n) is 3.38. The van der Waals surface area contributed by atoms with E-state index in [4.69, 9.17) is 11.6 Å². The number of halogens is 1. The maximum absolute atomic E-state index is 13.3. The van der Waals surface area contributed by atoms with Gasteiger partial charge in [-0.25, -0.2) is 0 Å². The average Bonchev–Trinajstić information content (AvgIpc) is 2.67. The van der Waals surface area contributed by atoms with Gasteiger partial charge in [-0.15, -0.1) is 0 Å². The second-order valence-electron chi connectivity index (χ2n) is 6.23. The molecule has 0 unspecified atom stereocenters. The summed E-state index contributed by atoms with van der Waals surface area (Å²) in [5.74, 6) is 0.144. The van der Waals surface area contributed by atoms with Crippen molar-refractivity contribution in [2.45, 2.75) is 64.0 Å². The van der Waals surface area contributed by atoms with E-state index in [2.05, 4.69) is 16.9 Å². The first-order chi connectivity index (χ1) is 10.0. The standard InChI is InChI=1S/C16H26ClN3O/c1-4-11-20-14(13(17)12-18-20)15(21)16(19(2)3)9-7-5-6-8-10-16/h12H,4-11H2,1-3H3. The highest BCUT2D eigenvalue weighted by molar-refractivity contribution is 6.34. The van der Waals surface area contributed by atoms with Crippen LogP contribution in [0.5, 0.6) is 0 Å². The van der Waals surface area contributed by atoms with Gasteiger partial charge in [-0.05, 0) is 33.4 Å². The van der Waals surface area contributed by atoms with Crippen molar-refractivity contribution in [2.75, 3.05) is 14.1 Å². The molecule has 1 heterocycles. The van der Waals surface area contributed by atoms with Crippen LogP contribution in [0.4, 0.5) is 0 Å². The van der Waals surface area contributed by atoms with Crippen LogP contribution < -0.4 is 0 Å². The molecule has 0 aliphatic heterocycles. The van der Waals surface area contributed by atoms with E-state index >= 15 is 0 Å². The monoisotopic (exact) mass is 311 g/mol. The normalized spacial score (nSPS) is 18.7. The Bertz CT molecular complexity index is 488. The number of nitrogens with zero attached hydrogens (tertiary/aromatic N) is 3. The van der Waals surface area contributed by atoms with Gasteiger partial charge in [0, 0.05) is 6.54 Å². The smallest absolute Gasteiger partial charge is 0.202 e. The van der Waals surface area contributed by atoms with Crippen LogP contribution in [0.25, 0.3) is 0 Å². The number of aromatic nitrogens is 2. The maximum atomic E-state index is 13.3. The topological polar surface area (TPSA) is 38.1 Å². The van der Waals surface area contributed by atoms with Crippen LogP contribution in [0, 0.1) is 0 Å². The zero-order valence-electron chi connectivity index (χ0n) is 13.4. The molecule has 5 heteroatoms. The Morgan fingerprint density at radius 1 is 1.33 bits per heavy atom. The van der Waals surface area contributed by atoms with Gasteiger partial charge in [-0.1, -0.05) is 44.2 Å². The molecule has 1 fully saturated rings. The number of hydrogen-bond acceptors (Lipinski definition) is 3. The molecule has 0 radical (unpaired) electrons. The third kappa shape index (κ3) is 3.16. The molecule has 21 heavy (non-hydrogen) atoms. The third-order valence-corrected chi connectivity index (χ3v) is 4.93. The van der Waals surface area contributed by atoms with Gasteiger partial charge >= 0.3 is 0 Å². The lowest BCUT2D eigenvalue weighted by molar-refractivity contribution is 0.0623. The van der Waals surface area contributed by atoms with Crippen molar-refractivity contribution in [2.24, 2.45) is 0 Å². The molecule has 1 saturated carbocycles. The van der Waals surface area contributed by atoms with E-state index in [1.807, 2.05) is 14.1 Å². The quantitative estimate of drug-likeness (QED) is 0.613. The Morgan fingerprint density at radius 3 is 2.48 bits per heavy atom. The molecule has 1 aromatic heterocycles. The van der Waals surface area contributed by atoms with E-state index in [9.17, 15) is 4.79 Å². The van der Waals surface area contributed by atoms with Crippen LogP contribution in [0.3, 0.4) is 0 Å². The molecule has 0 N–H and O–H groups in total. The Hall–Kier alpha value is -0.870. The Labute approximate surface area is 132 Å². The highest BCUT2D eigenvalue weighted by atomic mass is 35.5. The van der Waals surface area contributed by atoms with E-state index in [-0.39, 0.29) is 5.78 Å². The van der Waals surface area contributed by atoms with Crippen LogP contribution in [0.2, 0.25) is 5.02 Å². The molecule has 118 valence electrons. The molecule has 1 aliphatic rings. The van der Waals surface area contributed by atoms with Crippen molar-refractivity contribution < 1.29 is 4.79 Å². The third-order valence-electron chi connectivity index (χ3n) is 4.65. The Kier molecular flexibility index (Phi) is 5.44. The molecular weight excluding hydrogens is 286 g/mol. The number of Topliss-reactive ketones (excluding diaryl/α,β-unsaturated/α-hetero) is 1. The van der Waals surface area contributed by atoms with Gasteiger partial charge in [0.05, 0.1) is 16.8 Å². The summed E-state index contributed by atoms with van der Waals surface area (Å²) in [6.45, 7) is 2.81. The van der Waals surface area contributed by atoms with Crippen LogP contribution in [0.15, 0.2) is 6.20 Å². The minimum absolute atomic E-state index is 0.144. The molecule has 1 aromatic rings. The van der Waals surface area contributed by atoms with Crippen molar-refractivity contribution in [3.05, 3.63) is 16.9 Å². The zero-order valence-corrected chi connectivity index (χ0v) is 14.1. The van der Waals surface area contributed by atoms with E-state index in [0.717, 1.165) is 38.6 Å². The van der Waals surface area contributed by atoms with Gasteiger partial charge in [0.1, 0.15) is 5.69 Å². The summed E-state index contributed by atoms with van der Waals surface area (Å²) in [6.07, 6.45) is 8.99. The Balaban J connectivity index is 2.41. The molecule has 0 bridgehead atoms. The number of carbonyl (C=O) groups is 1. The predicted octanol–water partition coefficient (Wildman–Crippen LogP) is 3.78. The van der Waals surface area contributed by atoms with Crippen molar-refractivity contribution in [3.8, 4) is 0 Å². The zero-order chi connectivity index (χ0) is 15.5. The molecule has 1 aliphatic carbocycles. The van der Waals surface area contributed by atoms with Gasteiger partial charge in [-0.2, -0.15) is 5.10 Å². The van der Waals surface area contributed by atoms with Crippen LogP contribution in [-0.4, -0.2) is 40.1 Å². The second-order valence-corrected chi connectivity index (χ2v) is 6.64. The molecule has 0 aromatic carbocycles. The lowest BCUT2D eigenvalue weighted by atomic mass is 9.83. The molecule has 4 nitrogen and oxygen atoms in total. The van der Waals surface area contributed by atoms with E-state index in [1.165, 1.54) is 12.8 Å². The van der Waals surface area contributed by atoms with E-state index in [1.54, 1.807) is 10.9 Å². The number of rotatable bonds is 5. The van der Waals surface area contributed by atoms with E-state index < -0.39 is 5.54 Å². The summed E-state index contributed by atoms with van der Waals surface area (Å²) in [5, 5.41) is 4.77. The number of ketones is 1. The largest absolute Gasteiger partial charge is 0.297 e. The minimum Gasteiger partial charge on any atom is -0.297 e. The molecule has 0 atom stereocenters. The van der Waals surface area contributed by atoms with Crippen molar-refractivity contribution >= 4 is 17.4 Å². The van der Waals surface area contributed by atoms with Crippen molar-refractivity contribution in [1.82, 2.24) is 14.7 Å². The van der Waals surface area contributed by atoms with Gasteiger partial charge in [-0.3, -0.25) is 14.4 Å². The number of hydrogen-bond donors (Lipinski definition) is 0. The number of carbonyl (C=O) groups excluding carboxylic acids is 1. The van der Waals surface area contributed by atoms with E-state index in [0.29, 0.717) is 10.7 Å². The SMILES string of the molecule is CCCn1ncc(Cl)c1C(=O)C1(N(C)C)CCCCCC1. The summed E-state index contributed by atoms with van der Waals surface area (Å²) >= 11 is 6.28. The van der Waals surface area contributed by atoms with Crippen LogP contribution in [-0.2, 0) is 6.54 Å². The van der Waals surface area contributed by atoms with Gasteiger partial charge in [0.15, 0.2) is 0 Å². The second kappa shape index (κ2) is 6.93. The highest BCUT2D eigenvalue weighted by Gasteiger charge is 2.43. The minimum atomic E-state index is -0.425. The van der Waals surface area contributed by atoms with Crippen molar-refractivity contribution in [3.63, 3.8) is 0 Å². The summed E-state index contributed by atoms with van der Waals surface area (Å²) in [7, 11) is 4.02. The molecule has 2 rings (SSSR count). The lowest BCUT2D eigenvalue weighted by Crippen LogP contribution is -2.51. The first kappa shape index (κ1) is 16.5. The van der Waals surface area contributed by atoms with Gasteiger partial charge < -0.3 is 0 Å². The van der Waals surface area contributed by atoms with Gasteiger partial charge in [0.2, 0.25) is 5.78 Å². The fourth-order valence-corrected chi connectivity index (χ4v) is 3.61. The van der Waals surface area contributed by atoms with Crippen LogP contribution in [0.1, 0.15) is 62.4 Å². The molecule has 0 saturated heterocycles. The van der Waals surface area contributed by atoms with Gasteiger partial charge in [0.25, 0.3) is 0 Å². The maximum Gasteiger partial charge on any atom is 0.202 e. The Morgan fingerprint density at radius 2 is 1.95 bits per heavy atom. The summed E-state index contributed by atoms with van der Waals surface area (Å²) in [4.78, 5) is 15.4. The van der Waals surface area contributed by atoms with Crippen LogP contribution >= 0.6 is 11.6 Å². The first-order valence-electron chi connectivity index (χ1n) is 7.96.